The zero-order chi connectivity index (χ0) is 14.5. The Labute approximate surface area is 143 Å². The minimum Gasteiger partial charge on any atom is -0.326 e. The number of amides is 1. The molecular formula is C14H17ClN4OS2. The fourth-order valence-electron chi connectivity index (χ4n) is 2.24. The fourth-order valence-corrected chi connectivity index (χ4v) is 3.69. The molecule has 0 atom stereocenters. The fraction of sp³-hybridized carbons (Fsp3) is 0.357. The number of nitrogens with one attached hydrogen (secondary N) is 2. The average Bonchev–Trinajstić information content (AvgIpc) is 3.03. The number of halogens is 1. The molecule has 5 nitrogen and oxygen atoms in total. The number of hydrogen-bond donors (Lipinski definition) is 2. The summed E-state index contributed by atoms with van der Waals surface area (Å²) in [5.74, 6) is 0.253. The van der Waals surface area contributed by atoms with Crippen LogP contribution in [-0.2, 0) is 4.79 Å². The second-order valence-electron chi connectivity index (χ2n) is 4.84. The summed E-state index contributed by atoms with van der Waals surface area (Å²) in [6, 6.07) is 7.85. The highest BCUT2D eigenvalue weighted by Crippen LogP contribution is 2.29. The monoisotopic (exact) mass is 356 g/mol. The smallest absolute Gasteiger partial charge is 0.227 e. The third-order valence-electron chi connectivity index (χ3n) is 3.38. The molecule has 1 aromatic heterocycles. The third kappa shape index (κ3) is 4.67. The van der Waals surface area contributed by atoms with Gasteiger partial charge in [-0.15, -0.1) is 22.6 Å². The van der Waals surface area contributed by atoms with E-state index in [4.69, 9.17) is 0 Å². The Balaban J connectivity index is 0.00000176. The van der Waals surface area contributed by atoms with Crippen LogP contribution in [0.4, 0.5) is 5.69 Å². The highest BCUT2D eigenvalue weighted by Gasteiger charge is 2.20. The van der Waals surface area contributed by atoms with Crippen molar-refractivity contribution in [3.8, 4) is 0 Å². The van der Waals surface area contributed by atoms with Crippen LogP contribution in [0.25, 0.3) is 0 Å². The Morgan fingerprint density at radius 2 is 2.00 bits per heavy atom. The quantitative estimate of drug-likeness (QED) is 0.881. The van der Waals surface area contributed by atoms with Crippen LogP contribution in [0.5, 0.6) is 0 Å². The van der Waals surface area contributed by atoms with E-state index < -0.39 is 0 Å². The van der Waals surface area contributed by atoms with E-state index in [1.54, 1.807) is 17.3 Å². The number of carbonyl (C=O) groups excluding carboxylic acids is 1. The normalized spacial score (nSPS) is 15.1. The molecule has 0 unspecified atom stereocenters. The molecular weight excluding hydrogens is 340 g/mol. The third-order valence-corrected chi connectivity index (χ3v) is 5.16. The summed E-state index contributed by atoms with van der Waals surface area (Å²) in [5.41, 5.74) is 2.57. The number of benzene rings is 1. The van der Waals surface area contributed by atoms with Gasteiger partial charge in [0.2, 0.25) is 5.91 Å². The van der Waals surface area contributed by atoms with Crippen LogP contribution in [0.15, 0.2) is 39.0 Å². The van der Waals surface area contributed by atoms with Gasteiger partial charge in [0.25, 0.3) is 0 Å². The lowest BCUT2D eigenvalue weighted by Gasteiger charge is -2.21. The van der Waals surface area contributed by atoms with E-state index >= 15 is 0 Å². The topological polar surface area (TPSA) is 66.9 Å². The summed E-state index contributed by atoms with van der Waals surface area (Å²) in [5, 5.41) is 14.1. The molecule has 2 aromatic rings. The first-order valence-electron chi connectivity index (χ1n) is 6.87. The minimum atomic E-state index is 0. The van der Waals surface area contributed by atoms with Crippen molar-refractivity contribution in [3.05, 3.63) is 29.8 Å². The molecule has 1 fully saturated rings. The molecule has 2 heterocycles. The van der Waals surface area contributed by atoms with E-state index in [-0.39, 0.29) is 24.2 Å². The summed E-state index contributed by atoms with van der Waals surface area (Å²) < 4.78 is 0.918. The zero-order valence-electron chi connectivity index (χ0n) is 11.8. The molecule has 0 saturated carbocycles. The predicted molar refractivity (Wildman–Crippen MR) is 91.9 cm³/mol. The first-order chi connectivity index (χ1) is 10.3. The lowest BCUT2D eigenvalue weighted by Crippen LogP contribution is -2.34. The molecule has 22 heavy (non-hydrogen) atoms. The lowest BCUT2D eigenvalue weighted by molar-refractivity contribution is -0.120. The Bertz CT molecular complexity index is 585. The number of piperidine rings is 1. The highest BCUT2D eigenvalue weighted by molar-refractivity contribution is 8.01. The molecule has 0 aliphatic carbocycles. The number of hydrogen-bond acceptors (Lipinski definition) is 6. The molecule has 1 amide bonds. The van der Waals surface area contributed by atoms with Crippen molar-refractivity contribution >= 4 is 47.1 Å². The number of carbonyl (C=O) groups is 1. The van der Waals surface area contributed by atoms with Gasteiger partial charge in [-0.25, -0.2) is 0 Å². The molecule has 2 N–H and O–H groups in total. The number of anilines is 1. The lowest BCUT2D eigenvalue weighted by atomic mass is 9.97. The Kier molecular flexibility index (Phi) is 6.63. The summed E-state index contributed by atoms with van der Waals surface area (Å²) in [6.45, 7) is 1.85. The van der Waals surface area contributed by atoms with E-state index in [0.717, 1.165) is 40.9 Å². The van der Waals surface area contributed by atoms with E-state index in [1.807, 2.05) is 24.3 Å². The van der Waals surface area contributed by atoms with Crippen molar-refractivity contribution in [2.24, 2.45) is 5.92 Å². The molecule has 0 radical (unpaired) electrons. The van der Waals surface area contributed by atoms with Gasteiger partial charge in [0.05, 0.1) is 0 Å². The van der Waals surface area contributed by atoms with Gasteiger partial charge in [0.1, 0.15) is 5.51 Å². The van der Waals surface area contributed by atoms with Crippen LogP contribution in [0.1, 0.15) is 12.8 Å². The van der Waals surface area contributed by atoms with Gasteiger partial charge in [-0.1, -0.05) is 23.1 Å². The predicted octanol–water partition coefficient (Wildman–Crippen LogP) is 3.05. The van der Waals surface area contributed by atoms with Crippen molar-refractivity contribution in [1.29, 1.82) is 0 Å². The van der Waals surface area contributed by atoms with Crippen molar-refractivity contribution in [2.45, 2.75) is 22.1 Å². The molecule has 118 valence electrons. The summed E-state index contributed by atoms with van der Waals surface area (Å²) >= 11 is 3.09. The molecule has 1 aromatic carbocycles. The second kappa shape index (κ2) is 8.47. The molecule has 1 aliphatic rings. The largest absolute Gasteiger partial charge is 0.326 e. The molecule has 0 spiro atoms. The van der Waals surface area contributed by atoms with E-state index in [1.165, 1.54) is 11.3 Å². The van der Waals surface area contributed by atoms with E-state index in [0.29, 0.717) is 0 Å². The highest BCUT2D eigenvalue weighted by atomic mass is 35.5. The van der Waals surface area contributed by atoms with Crippen molar-refractivity contribution < 1.29 is 4.79 Å². The Morgan fingerprint density at radius 3 is 2.64 bits per heavy atom. The maximum Gasteiger partial charge on any atom is 0.227 e. The van der Waals surface area contributed by atoms with Crippen molar-refractivity contribution in [3.63, 3.8) is 0 Å². The van der Waals surface area contributed by atoms with Gasteiger partial charge in [0, 0.05) is 16.5 Å². The first kappa shape index (κ1) is 17.2. The maximum absolute atomic E-state index is 12.1. The van der Waals surface area contributed by atoms with Crippen LogP contribution >= 0.6 is 35.5 Å². The van der Waals surface area contributed by atoms with Crippen LogP contribution < -0.4 is 10.6 Å². The van der Waals surface area contributed by atoms with Gasteiger partial charge in [-0.2, -0.15) is 0 Å². The maximum atomic E-state index is 12.1. The first-order valence-corrected chi connectivity index (χ1v) is 8.56. The van der Waals surface area contributed by atoms with Crippen LogP contribution in [0, 0.1) is 5.92 Å². The van der Waals surface area contributed by atoms with Gasteiger partial charge in [0.15, 0.2) is 4.34 Å². The molecule has 1 saturated heterocycles. The van der Waals surface area contributed by atoms with Gasteiger partial charge >= 0.3 is 0 Å². The number of rotatable bonds is 4. The number of nitrogens with zero attached hydrogens (tertiary/aromatic N) is 2. The van der Waals surface area contributed by atoms with Crippen LogP contribution in [-0.4, -0.2) is 29.2 Å². The Morgan fingerprint density at radius 1 is 1.27 bits per heavy atom. The summed E-state index contributed by atoms with van der Waals surface area (Å²) in [4.78, 5) is 13.2. The zero-order valence-corrected chi connectivity index (χ0v) is 14.3. The average molecular weight is 357 g/mol. The second-order valence-corrected chi connectivity index (χ2v) is 7.00. The van der Waals surface area contributed by atoms with Gasteiger partial charge in [-0.05, 0) is 50.2 Å². The van der Waals surface area contributed by atoms with Gasteiger partial charge in [-0.3, -0.25) is 4.79 Å². The molecule has 1 aliphatic heterocycles. The Hall–Kier alpha value is -1.15. The SMILES string of the molecule is Cl.O=C(Nc1ccc(Sc2nncs2)cc1)C1CCNCC1. The molecule has 0 bridgehead atoms. The summed E-state index contributed by atoms with van der Waals surface area (Å²) in [6.07, 6.45) is 1.83. The van der Waals surface area contributed by atoms with Crippen molar-refractivity contribution in [2.75, 3.05) is 18.4 Å². The van der Waals surface area contributed by atoms with Crippen LogP contribution in [0.3, 0.4) is 0 Å². The van der Waals surface area contributed by atoms with Crippen LogP contribution in [0.2, 0.25) is 0 Å². The summed E-state index contributed by atoms with van der Waals surface area (Å²) in [7, 11) is 0. The standard InChI is InChI=1S/C14H16N4OS2.ClH/c19-13(10-5-7-15-8-6-10)17-11-1-3-12(4-2-11)21-14-18-16-9-20-14;/h1-4,9-10,15H,5-8H2,(H,17,19);1H. The van der Waals surface area contributed by atoms with E-state index in [2.05, 4.69) is 20.8 Å². The molecule has 3 rings (SSSR count). The number of aromatic nitrogens is 2. The minimum absolute atomic E-state index is 0. The van der Waals surface area contributed by atoms with Crippen molar-refractivity contribution in [1.82, 2.24) is 15.5 Å². The van der Waals surface area contributed by atoms with Gasteiger partial charge < -0.3 is 10.6 Å². The van der Waals surface area contributed by atoms with E-state index in [9.17, 15) is 4.79 Å². The molecule has 8 heteroatoms.